The summed E-state index contributed by atoms with van der Waals surface area (Å²) in [5, 5.41) is 0. The molecule has 2 nitrogen and oxygen atoms in total. The number of ether oxygens (including phenoxy) is 2. The second-order valence-corrected chi connectivity index (χ2v) is 5.47. The van der Waals surface area contributed by atoms with Crippen LogP contribution >= 0.6 is 0 Å². The first-order valence-electron chi connectivity index (χ1n) is 7.67. The van der Waals surface area contributed by atoms with Crippen LogP contribution < -0.4 is 9.47 Å². The first-order chi connectivity index (χ1) is 9.33. The molecule has 1 heterocycles. The molecule has 0 saturated carbocycles. The first-order valence-corrected chi connectivity index (χ1v) is 7.67. The van der Waals surface area contributed by atoms with Gasteiger partial charge in [-0.05, 0) is 31.0 Å². The van der Waals surface area contributed by atoms with Crippen molar-refractivity contribution < 1.29 is 9.47 Å². The topological polar surface area (TPSA) is 18.5 Å². The van der Waals surface area contributed by atoms with Crippen LogP contribution in [0.2, 0.25) is 0 Å². The number of benzene rings is 1. The van der Waals surface area contributed by atoms with Gasteiger partial charge in [0, 0.05) is 12.0 Å². The highest BCUT2D eigenvalue weighted by molar-refractivity contribution is 5.43. The van der Waals surface area contributed by atoms with Crippen LogP contribution in [-0.2, 0) is 6.42 Å². The molecule has 0 spiro atoms. The van der Waals surface area contributed by atoms with Gasteiger partial charge in [-0.2, -0.15) is 0 Å². The lowest BCUT2D eigenvalue weighted by atomic mass is 10.0. The molecule has 1 aromatic carbocycles. The predicted molar refractivity (Wildman–Crippen MR) is 79.1 cm³/mol. The number of methoxy groups -OCH3 is 1. The number of fused-ring (bicyclic) bond motifs is 1. The smallest absolute Gasteiger partial charge is 0.123 e. The fourth-order valence-electron chi connectivity index (χ4n) is 2.74. The summed E-state index contributed by atoms with van der Waals surface area (Å²) in [7, 11) is 1.71. The SMILES string of the molecule is CCCCCCCCC1Cc2cc(OC)ccc2O1. The maximum atomic E-state index is 5.98. The summed E-state index contributed by atoms with van der Waals surface area (Å²) in [6.45, 7) is 2.26. The molecule has 19 heavy (non-hydrogen) atoms. The summed E-state index contributed by atoms with van der Waals surface area (Å²) >= 11 is 0. The summed E-state index contributed by atoms with van der Waals surface area (Å²) < 4.78 is 11.2. The van der Waals surface area contributed by atoms with Crippen molar-refractivity contribution in [2.24, 2.45) is 0 Å². The Balaban J connectivity index is 1.68. The van der Waals surface area contributed by atoms with E-state index in [1.807, 2.05) is 12.1 Å². The van der Waals surface area contributed by atoms with Gasteiger partial charge in [0.1, 0.15) is 17.6 Å². The molecule has 1 aromatic rings. The number of hydrogen-bond donors (Lipinski definition) is 0. The normalized spacial score (nSPS) is 17.1. The van der Waals surface area contributed by atoms with Crippen LogP contribution in [0.25, 0.3) is 0 Å². The van der Waals surface area contributed by atoms with E-state index < -0.39 is 0 Å². The van der Waals surface area contributed by atoms with E-state index in [1.54, 1.807) is 7.11 Å². The molecule has 0 amide bonds. The van der Waals surface area contributed by atoms with Crippen molar-refractivity contribution in [3.05, 3.63) is 23.8 Å². The second-order valence-electron chi connectivity index (χ2n) is 5.47. The fraction of sp³-hybridized carbons (Fsp3) is 0.647. The minimum atomic E-state index is 0.383. The van der Waals surface area contributed by atoms with Gasteiger partial charge in [-0.1, -0.05) is 39.0 Å². The molecule has 0 saturated heterocycles. The molecule has 0 aliphatic carbocycles. The molecule has 2 rings (SSSR count). The van der Waals surface area contributed by atoms with E-state index in [1.165, 1.54) is 50.5 Å². The standard InChI is InChI=1S/C17H26O2/c1-3-4-5-6-7-8-9-16-13-14-12-15(18-2)10-11-17(14)19-16/h10-12,16H,3-9,13H2,1-2H3. The van der Waals surface area contributed by atoms with E-state index in [4.69, 9.17) is 9.47 Å². The van der Waals surface area contributed by atoms with E-state index in [-0.39, 0.29) is 0 Å². The van der Waals surface area contributed by atoms with Gasteiger partial charge in [-0.25, -0.2) is 0 Å². The predicted octanol–water partition coefficient (Wildman–Crippen LogP) is 4.75. The van der Waals surface area contributed by atoms with Gasteiger partial charge in [0.15, 0.2) is 0 Å². The summed E-state index contributed by atoms with van der Waals surface area (Å²) in [6.07, 6.45) is 10.7. The zero-order valence-corrected chi connectivity index (χ0v) is 12.3. The maximum absolute atomic E-state index is 5.98. The third kappa shape index (κ3) is 4.15. The Morgan fingerprint density at radius 2 is 1.95 bits per heavy atom. The van der Waals surface area contributed by atoms with Crippen molar-refractivity contribution >= 4 is 0 Å². The van der Waals surface area contributed by atoms with Crippen molar-refractivity contribution in [1.82, 2.24) is 0 Å². The van der Waals surface area contributed by atoms with E-state index in [0.29, 0.717) is 6.10 Å². The quantitative estimate of drug-likeness (QED) is 0.629. The van der Waals surface area contributed by atoms with E-state index in [9.17, 15) is 0 Å². The summed E-state index contributed by atoms with van der Waals surface area (Å²) in [5.41, 5.74) is 1.30. The highest BCUT2D eigenvalue weighted by Crippen LogP contribution is 2.33. The number of rotatable bonds is 8. The van der Waals surface area contributed by atoms with Crippen molar-refractivity contribution in [2.45, 2.75) is 64.4 Å². The number of hydrogen-bond acceptors (Lipinski definition) is 2. The Morgan fingerprint density at radius 1 is 1.16 bits per heavy atom. The monoisotopic (exact) mass is 262 g/mol. The summed E-state index contributed by atoms with van der Waals surface area (Å²) in [5.74, 6) is 1.99. The third-order valence-electron chi connectivity index (χ3n) is 3.89. The Hall–Kier alpha value is -1.18. The molecular weight excluding hydrogens is 236 g/mol. The first kappa shape index (κ1) is 14.2. The van der Waals surface area contributed by atoms with Gasteiger partial charge in [0.2, 0.25) is 0 Å². The molecule has 0 aromatic heterocycles. The van der Waals surface area contributed by atoms with Crippen molar-refractivity contribution in [3.8, 4) is 11.5 Å². The molecule has 0 fully saturated rings. The van der Waals surface area contributed by atoms with E-state index in [0.717, 1.165) is 17.9 Å². The van der Waals surface area contributed by atoms with E-state index in [2.05, 4.69) is 13.0 Å². The largest absolute Gasteiger partial charge is 0.497 e. The molecule has 1 aliphatic rings. The molecule has 0 bridgehead atoms. The lowest BCUT2D eigenvalue weighted by Gasteiger charge is -2.10. The molecule has 2 heteroatoms. The van der Waals surface area contributed by atoms with Crippen LogP contribution in [0, 0.1) is 0 Å². The summed E-state index contributed by atoms with van der Waals surface area (Å²) in [4.78, 5) is 0. The van der Waals surface area contributed by atoms with Gasteiger partial charge < -0.3 is 9.47 Å². The number of unbranched alkanes of at least 4 members (excludes halogenated alkanes) is 5. The van der Waals surface area contributed by atoms with Gasteiger partial charge >= 0.3 is 0 Å². The Labute approximate surface area is 117 Å². The fourth-order valence-corrected chi connectivity index (χ4v) is 2.74. The second kappa shape index (κ2) is 7.42. The average molecular weight is 262 g/mol. The minimum Gasteiger partial charge on any atom is -0.497 e. The van der Waals surface area contributed by atoms with Crippen LogP contribution in [0.5, 0.6) is 11.5 Å². The molecule has 1 unspecified atom stereocenters. The zero-order chi connectivity index (χ0) is 13.5. The lowest BCUT2D eigenvalue weighted by Crippen LogP contribution is -2.12. The molecule has 0 radical (unpaired) electrons. The third-order valence-corrected chi connectivity index (χ3v) is 3.89. The van der Waals surface area contributed by atoms with Crippen LogP contribution in [0.15, 0.2) is 18.2 Å². The highest BCUT2D eigenvalue weighted by atomic mass is 16.5. The van der Waals surface area contributed by atoms with Crippen LogP contribution in [0.1, 0.15) is 57.4 Å². The van der Waals surface area contributed by atoms with Gasteiger partial charge in [0.25, 0.3) is 0 Å². The molecule has 1 aliphatic heterocycles. The van der Waals surface area contributed by atoms with Gasteiger partial charge in [0.05, 0.1) is 7.11 Å². The van der Waals surface area contributed by atoms with Crippen molar-refractivity contribution in [1.29, 1.82) is 0 Å². The van der Waals surface area contributed by atoms with Crippen molar-refractivity contribution in [3.63, 3.8) is 0 Å². The van der Waals surface area contributed by atoms with Gasteiger partial charge in [-0.15, -0.1) is 0 Å². The molecule has 106 valence electrons. The highest BCUT2D eigenvalue weighted by Gasteiger charge is 2.22. The van der Waals surface area contributed by atoms with E-state index >= 15 is 0 Å². The molecule has 0 N–H and O–H groups in total. The lowest BCUT2D eigenvalue weighted by molar-refractivity contribution is 0.216. The Morgan fingerprint density at radius 3 is 2.74 bits per heavy atom. The zero-order valence-electron chi connectivity index (χ0n) is 12.3. The Bertz CT molecular complexity index is 387. The van der Waals surface area contributed by atoms with Crippen LogP contribution in [0.4, 0.5) is 0 Å². The van der Waals surface area contributed by atoms with Crippen LogP contribution in [-0.4, -0.2) is 13.2 Å². The van der Waals surface area contributed by atoms with Gasteiger partial charge in [-0.3, -0.25) is 0 Å². The van der Waals surface area contributed by atoms with Crippen molar-refractivity contribution in [2.75, 3.05) is 7.11 Å². The maximum Gasteiger partial charge on any atom is 0.123 e. The molecular formula is C17H26O2. The average Bonchev–Trinajstić information content (AvgIpc) is 2.84. The Kier molecular flexibility index (Phi) is 5.56. The minimum absolute atomic E-state index is 0.383. The molecule has 1 atom stereocenters. The van der Waals surface area contributed by atoms with Crippen LogP contribution in [0.3, 0.4) is 0 Å². The summed E-state index contributed by atoms with van der Waals surface area (Å²) in [6, 6.07) is 6.12.